The van der Waals surface area contributed by atoms with Gasteiger partial charge in [-0.25, -0.2) is 4.79 Å². The van der Waals surface area contributed by atoms with E-state index in [1.807, 2.05) is 0 Å². The number of nitrogens with two attached hydrogens (primary N) is 2. The smallest absolute Gasteiger partial charge is 0.327 e. The summed E-state index contributed by atoms with van der Waals surface area (Å²) in [5.74, 6) is -2.75. The van der Waals surface area contributed by atoms with Gasteiger partial charge in [-0.15, -0.1) is 0 Å². The van der Waals surface area contributed by atoms with Crippen molar-refractivity contribution in [2.75, 3.05) is 0 Å². The van der Waals surface area contributed by atoms with Gasteiger partial charge in [0.25, 0.3) is 0 Å². The average Bonchev–Trinajstić information content (AvgIpc) is 2.64. The molecule has 1 atom stereocenters. The second kappa shape index (κ2) is 22.4. The van der Waals surface area contributed by atoms with E-state index < -0.39 is 23.9 Å². The SMILES string of the molecule is CCCCCCCCCCCCCCCC=CC(=O)O.NC(=O)C[C@H](N)C(=O)O. The lowest BCUT2D eigenvalue weighted by atomic mass is 10.0. The largest absolute Gasteiger partial charge is 0.480 e. The number of carbonyl (C=O) groups is 3. The Bertz CT molecular complexity index is 452. The van der Waals surface area contributed by atoms with Gasteiger partial charge in [0.15, 0.2) is 0 Å². The molecule has 0 aromatic carbocycles. The van der Waals surface area contributed by atoms with Gasteiger partial charge in [0.05, 0.1) is 6.42 Å². The zero-order chi connectivity index (χ0) is 22.3. The van der Waals surface area contributed by atoms with Gasteiger partial charge in [-0.2, -0.15) is 0 Å². The number of hydrogen-bond donors (Lipinski definition) is 4. The monoisotopic (exact) mass is 414 g/mol. The summed E-state index contributed by atoms with van der Waals surface area (Å²) in [6.45, 7) is 2.27. The first-order chi connectivity index (χ1) is 13.8. The number of rotatable bonds is 18. The second-order valence-electron chi connectivity index (χ2n) is 7.39. The topological polar surface area (TPSA) is 144 Å². The molecular weight excluding hydrogens is 372 g/mol. The molecule has 0 heterocycles. The fourth-order valence-corrected chi connectivity index (χ4v) is 2.77. The Kier molecular flexibility index (Phi) is 22.6. The molecule has 0 aromatic heterocycles. The van der Waals surface area contributed by atoms with E-state index in [0.717, 1.165) is 12.8 Å². The molecule has 0 saturated heterocycles. The predicted octanol–water partition coefficient (Wildman–Crippen LogP) is 4.38. The van der Waals surface area contributed by atoms with Crippen LogP contribution in [0.5, 0.6) is 0 Å². The van der Waals surface area contributed by atoms with Gasteiger partial charge in [-0.05, 0) is 12.8 Å². The lowest BCUT2D eigenvalue weighted by Gasteiger charge is -2.02. The standard InChI is InChI=1S/C18H34O2.C4H8N2O3/c1-2-3-4-5-6-7-8-9-10-11-12-13-14-15-16-17-18(19)20;5-2(4(8)9)1-3(6)7/h16-17H,2-15H2,1H3,(H,19,20);2H,1,5H2,(H2,6,7)(H,8,9)/t;2-/m.0/s1. The second-order valence-corrected chi connectivity index (χ2v) is 7.39. The number of allylic oxidation sites excluding steroid dienone is 1. The summed E-state index contributed by atoms with van der Waals surface area (Å²) >= 11 is 0. The third kappa shape index (κ3) is 28.4. The van der Waals surface area contributed by atoms with Gasteiger partial charge in [0.1, 0.15) is 6.04 Å². The van der Waals surface area contributed by atoms with Crippen LogP contribution < -0.4 is 11.5 Å². The average molecular weight is 415 g/mol. The quantitative estimate of drug-likeness (QED) is 0.193. The normalized spacial score (nSPS) is 11.7. The van der Waals surface area contributed by atoms with Gasteiger partial charge in [0, 0.05) is 6.08 Å². The number of hydrogen-bond acceptors (Lipinski definition) is 4. The van der Waals surface area contributed by atoms with Crippen LogP contribution in [0.2, 0.25) is 0 Å². The molecule has 29 heavy (non-hydrogen) atoms. The van der Waals surface area contributed by atoms with E-state index in [1.54, 1.807) is 6.08 Å². The Balaban J connectivity index is 0. The van der Waals surface area contributed by atoms with Crippen molar-refractivity contribution in [3.05, 3.63) is 12.2 Å². The van der Waals surface area contributed by atoms with Crippen molar-refractivity contribution in [2.24, 2.45) is 11.5 Å². The van der Waals surface area contributed by atoms with E-state index >= 15 is 0 Å². The van der Waals surface area contributed by atoms with E-state index in [1.165, 1.54) is 83.1 Å². The van der Waals surface area contributed by atoms with Crippen LogP contribution in [0.4, 0.5) is 0 Å². The van der Waals surface area contributed by atoms with Crippen LogP contribution in [-0.4, -0.2) is 34.1 Å². The Labute approximate surface area is 175 Å². The van der Waals surface area contributed by atoms with E-state index in [9.17, 15) is 14.4 Å². The van der Waals surface area contributed by atoms with Crippen molar-refractivity contribution < 1.29 is 24.6 Å². The fourth-order valence-electron chi connectivity index (χ4n) is 2.77. The van der Waals surface area contributed by atoms with Crippen molar-refractivity contribution in [3.8, 4) is 0 Å². The molecule has 0 aliphatic rings. The highest BCUT2D eigenvalue weighted by atomic mass is 16.4. The van der Waals surface area contributed by atoms with Gasteiger partial charge in [-0.3, -0.25) is 9.59 Å². The number of aliphatic carboxylic acids is 2. The van der Waals surface area contributed by atoms with Crippen molar-refractivity contribution >= 4 is 17.8 Å². The predicted molar refractivity (Wildman–Crippen MR) is 117 cm³/mol. The maximum Gasteiger partial charge on any atom is 0.327 e. The molecular formula is C22H42N2O5. The summed E-state index contributed by atoms with van der Waals surface area (Å²) in [5.41, 5.74) is 9.57. The van der Waals surface area contributed by atoms with Crippen LogP contribution in [0.3, 0.4) is 0 Å². The van der Waals surface area contributed by atoms with Gasteiger partial charge < -0.3 is 21.7 Å². The highest BCUT2D eigenvalue weighted by Crippen LogP contribution is 2.12. The molecule has 1 amide bonds. The minimum atomic E-state index is -1.21. The van der Waals surface area contributed by atoms with E-state index in [4.69, 9.17) is 15.9 Å². The minimum absolute atomic E-state index is 0.310. The molecule has 0 aliphatic heterocycles. The maximum atomic E-state index is 10.2. The molecule has 0 rings (SSSR count). The Hall–Kier alpha value is -1.89. The van der Waals surface area contributed by atoms with Gasteiger partial charge in [-0.1, -0.05) is 90.0 Å². The molecule has 0 fully saturated rings. The molecule has 0 aliphatic carbocycles. The number of carboxylic acid groups (broad SMARTS) is 2. The van der Waals surface area contributed by atoms with Crippen LogP contribution in [0.1, 0.15) is 103 Å². The van der Waals surface area contributed by atoms with Crippen LogP contribution in [0.15, 0.2) is 12.2 Å². The molecule has 7 heteroatoms. The third-order valence-electron chi connectivity index (χ3n) is 4.47. The Morgan fingerprint density at radius 2 is 1.21 bits per heavy atom. The molecule has 7 nitrogen and oxygen atoms in total. The van der Waals surface area contributed by atoms with Crippen molar-refractivity contribution in [1.82, 2.24) is 0 Å². The summed E-state index contributed by atoms with van der Waals surface area (Å²) in [7, 11) is 0. The highest BCUT2D eigenvalue weighted by molar-refractivity contribution is 5.83. The van der Waals surface area contributed by atoms with Crippen LogP contribution in [0, 0.1) is 0 Å². The summed E-state index contributed by atoms with van der Waals surface area (Å²) in [6, 6.07) is -1.16. The van der Waals surface area contributed by atoms with Gasteiger partial charge >= 0.3 is 11.9 Å². The number of unbranched alkanes of at least 4 members (excludes halogenated alkanes) is 13. The maximum absolute atomic E-state index is 10.2. The third-order valence-corrected chi connectivity index (χ3v) is 4.47. The van der Waals surface area contributed by atoms with Crippen LogP contribution >= 0.6 is 0 Å². The minimum Gasteiger partial charge on any atom is -0.480 e. The summed E-state index contributed by atoms with van der Waals surface area (Å²) in [5, 5.41) is 16.5. The zero-order valence-electron chi connectivity index (χ0n) is 18.1. The molecule has 0 aromatic rings. The van der Waals surface area contributed by atoms with E-state index in [-0.39, 0.29) is 6.42 Å². The molecule has 6 N–H and O–H groups in total. The lowest BCUT2D eigenvalue weighted by molar-refractivity contribution is -0.140. The molecule has 0 bridgehead atoms. The summed E-state index contributed by atoms with van der Waals surface area (Å²) in [4.78, 5) is 30.1. The van der Waals surface area contributed by atoms with Crippen molar-refractivity contribution in [1.29, 1.82) is 0 Å². The first-order valence-corrected chi connectivity index (χ1v) is 11.0. The Morgan fingerprint density at radius 3 is 1.52 bits per heavy atom. The first kappa shape index (κ1) is 29.3. The van der Waals surface area contributed by atoms with Crippen LogP contribution in [0.25, 0.3) is 0 Å². The lowest BCUT2D eigenvalue weighted by Crippen LogP contribution is -2.34. The van der Waals surface area contributed by atoms with E-state index in [2.05, 4.69) is 12.7 Å². The molecule has 0 spiro atoms. The van der Waals surface area contributed by atoms with E-state index in [0.29, 0.717) is 0 Å². The molecule has 0 unspecified atom stereocenters. The van der Waals surface area contributed by atoms with Gasteiger partial charge in [0.2, 0.25) is 5.91 Å². The van der Waals surface area contributed by atoms with Crippen LogP contribution in [-0.2, 0) is 14.4 Å². The zero-order valence-corrected chi connectivity index (χ0v) is 18.1. The highest BCUT2D eigenvalue weighted by Gasteiger charge is 2.13. The number of amides is 1. The fraction of sp³-hybridized carbons (Fsp3) is 0.773. The number of carboxylic acids is 2. The number of primary amides is 1. The van der Waals surface area contributed by atoms with Crippen molar-refractivity contribution in [2.45, 2.75) is 109 Å². The Morgan fingerprint density at radius 1 is 0.793 bits per heavy atom. The molecule has 0 saturated carbocycles. The molecule has 170 valence electrons. The summed E-state index contributed by atoms with van der Waals surface area (Å²) in [6.07, 6.45) is 21.2. The summed E-state index contributed by atoms with van der Waals surface area (Å²) < 4.78 is 0. The first-order valence-electron chi connectivity index (χ1n) is 11.0. The molecule has 0 radical (unpaired) electrons. The van der Waals surface area contributed by atoms with Crippen molar-refractivity contribution in [3.63, 3.8) is 0 Å². The number of carbonyl (C=O) groups excluding carboxylic acids is 1.